The van der Waals surface area contributed by atoms with Crippen LogP contribution in [0, 0.1) is 0 Å². The van der Waals surface area contributed by atoms with Crippen molar-refractivity contribution < 1.29 is 4.74 Å². The monoisotopic (exact) mass is 232 g/mol. The van der Waals surface area contributed by atoms with Gasteiger partial charge in [-0.2, -0.15) is 0 Å². The lowest BCUT2D eigenvalue weighted by Crippen LogP contribution is -2.28. The second-order valence-corrected chi connectivity index (χ2v) is 3.55. The van der Waals surface area contributed by atoms with E-state index in [0.717, 1.165) is 5.56 Å². The third-order valence-corrected chi connectivity index (χ3v) is 2.43. The van der Waals surface area contributed by atoms with Crippen LogP contribution in [0.15, 0.2) is 46.1 Å². The molecular weight excluding hydrogens is 220 g/mol. The van der Waals surface area contributed by atoms with E-state index < -0.39 is 11.2 Å². The lowest BCUT2D eigenvalue weighted by molar-refractivity contribution is 0.408. The predicted octanol–water partition coefficient (Wildman–Crippen LogP) is 0.593. The molecule has 0 amide bonds. The zero-order chi connectivity index (χ0) is 12.3. The maximum atomic E-state index is 11.5. The fraction of sp³-hybridized carbons (Fsp3) is 0.167. The number of benzene rings is 1. The topological polar surface area (TPSA) is 64.1 Å². The second-order valence-electron chi connectivity index (χ2n) is 3.55. The maximum Gasteiger partial charge on any atom is 0.328 e. The number of hydrogen-bond donors (Lipinski definition) is 1. The van der Waals surface area contributed by atoms with Crippen LogP contribution >= 0.6 is 0 Å². The van der Waals surface area contributed by atoms with Gasteiger partial charge in [-0.25, -0.2) is 4.79 Å². The highest BCUT2D eigenvalue weighted by molar-refractivity contribution is 5.33. The van der Waals surface area contributed by atoms with Crippen LogP contribution in [0.2, 0.25) is 0 Å². The highest BCUT2D eigenvalue weighted by Crippen LogP contribution is 2.17. The molecule has 0 saturated carbocycles. The Labute approximate surface area is 97.3 Å². The molecule has 1 N–H and O–H groups in total. The van der Waals surface area contributed by atoms with Crippen molar-refractivity contribution in [3.05, 3.63) is 62.9 Å². The fourth-order valence-corrected chi connectivity index (χ4v) is 1.59. The summed E-state index contributed by atoms with van der Waals surface area (Å²) in [4.78, 5) is 24.6. The molecule has 1 aromatic carbocycles. The molecule has 17 heavy (non-hydrogen) atoms. The highest BCUT2D eigenvalue weighted by atomic mass is 16.5. The number of aromatic amines is 1. The van der Waals surface area contributed by atoms with Gasteiger partial charge in [-0.3, -0.25) is 14.3 Å². The zero-order valence-corrected chi connectivity index (χ0v) is 9.34. The summed E-state index contributed by atoms with van der Waals surface area (Å²) < 4.78 is 6.61. The summed E-state index contributed by atoms with van der Waals surface area (Å²) in [7, 11) is 1.58. The lowest BCUT2D eigenvalue weighted by atomic mass is 10.2. The number of para-hydroxylation sites is 1. The minimum absolute atomic E-state index is 0.361. The summed E-state index contributed by atoms with van der Waals surface area (Å²) in [6.45, 7) is 0.361. The third-order valence-electron chi connectivity index (χ3n) is 2.43. The summed E-state index contributed by atoms with van der Waals surface area (Å²) in [5.41, 5.74) is 0.0545. The van der Waals surface area contributed by atoms with Crippen molar-refractivity contribution in [2.45, 2.75) is 6.54 Å². The molecule has 0 radical (unpaired) electrons. The van der Waals surface area contributed by atoms with E-state index in [1.807, 2.05) is 24.3 Å². The molecule has 0 aliphatic carbocycles. The van der Waals surface area contributed by atoms with Gasteiger partial charge in [-0.15, -0.1) is 0 Å². The average molecular weight is 232 g/mol. The Balaban J connectivity index is 2.38. The number of nitrogens with zero attached hydrogens (tertiary/aromatic N) is 1. The molecule has 0 atom stereocenters. The normalized spacial score (nSPS) is 10.2. The molecule has 1 aromatic heterocycles. The fourth-order valence-electron chi connectivity index (χ4n) is 1.59. The van der Waals surface area contributed by atoms with Crippen molar-refractivity contribution >= 4 is 0 Å². The van der Waals surface area contributed by atoms with Crippen molar-refractivity contribution in [2.24, 2.45) is 0 Å². The Hall–Kier alpha value is -2.30. The van der Waals surface area contributed by atoms with E-state index in [9.17, 15) is 9.59 Å². The van der Waals surface area contributed by atoms with Gasteiger partial charge in [0.25, 0.3) is 5.56 Å². The minimum Gasteiger partial charge on any atom is -0.496 e. The van der Waals surface area contributed by atoms with E-state index in [0.29, 0.717) is 12.3 Å². The summed E-state index contributed by atoms with van der Waals surface area (Å²) in [6.07, 6.45) is 1.47. The molecule has 88 valence electrons. The average Bonchev–Trinajstić information content (AvgIpc) is 2.33. The van der Waals surface area contributed by atoms with Crippen molar-refractivity contribution in [3.8, 4) is 5.75 Å². The van der Waals surface area contributed by atoms with Gasteiger partial charge in [0, 0.05) is 17.8 Å². The molecule has 5 nitrogen and oxygen atoms in total. The van der Waals surface area contributed by atoms with Crippen molar-refractivity contribution in [3.63, 3.8) is 0 Å². The smallest absolute Gasteiger partial charge is 0.328 e. The number of aromatic nitrogens is 2. The number of nitrogens with one attached hydrogen (secondary N) is 1. The summed E-state index contributed by atoms with van der Waals surface area (Å²) in [5.74, 6) is 0.714. The van der Waals surface area contributed by atoms with Gasteiger partial charge < -0.3 is 4.74 Å². The van der Waals surface area contributed by atoms with Gasteiger partial charge in [-0.1, -0.05) is 18.2 Å². The van der Waals surface area contributed by atoms with E-state index in [2.05, 4.69) is 4.98 Å². The van der Waals surface area contributed by atoms with Crippen LogP contribution in [0.5, 0.6) is 5.75 Å². The van der Waals surface area contributed by atoms with Crippen LogP contribution in [0.25, 0.3) is 0 Å². The highest BCUT2D eigenvalue weighted by Gasteiger charge is 2.03. The molecule has 0 unspecified atom stereocenters. The van der Waals surface area contributed by atoms with Crippen LogP contribution in [0.3, 0.4) is 0 Å². The Bertz CT molecular complexity index is 628. The molecule has 0 aliphatic rings. The van der Waals surface area contributed by atoms with Crippen LogP contribution in [0.1, 0.15) is 5.56 Å². The zero-order valence-electron chi connectivity index (χ0n) is 9.34. The first-order valence-corrected chi connectivity index (χ1v) is 5.12. The van der Waals surface area contributed by atoms with E-state index in [1.54, 1.807) is 7.11 Å². The van der Waals surface area contributed by atoms with Crippen molar-refractivity contribution in [1.82, 2.24) is 9.55 Å². The van der Waals surface area contributed by atoms with E-state index in [-0.39, 0.29) is 0 Å². The molecule has 1 heterocycles. The lowest BCUT2D eigenvalue weighted by Gasteiger charge is -2.09. The van der Waals surface area contributed by atoms with Crippen LogP contribution in [-0.4, -0.2) is 16.7 Å². The largest absolute Gasteiger partial charge is 0.496 e. The first-order chi connectivity index (χ1) is 8.20. The van der Waals surface area contributed by atoms with Crippen LogP contribution in [0.4, 0.5) is 0 Å². The van der Waals surface area contributed by atoms with Gasteiger partial charge >= 0.3 is 5.69 Å². The van der Waals surface area contributed by atoms with Crippen LogP contribution < -0.4 is 16.0 Å². The van der Waals surface area contributed by atoms with Gasteiger partial charge in [0.05, 0.1) is 13.7 Å². The Morgan fingerprint density at radius 3 is 2.71 bits per heavy atom. The molecule has 2 aromatic rings. The number of methoxy groups -OCH3 is 1. The SMILES string of the molecule is COc1ccccc1Cn1ccc(=O)[nH]c1=O. The number of ether oxygens (including phenoxy) is 1. The molecule has 0 fully saturated rings. The number of hydrogen-bond acceptors (Lipinski definition) is 3. The van der Waals surface area contributed by atoms with E-state index in [4.69, 9.17) is 4.74 Å². The van der Waals surface area contributed by atoms with Gasteiger partial charge in [0.1, 0.15) is 5.75 Å². The molecular formula is C12H12N2O3. The van der Waals surface area contributed by atoms with Gasteiger partial charge in [-0.05, 0) is 6.07 Å². The molecule has 0 aliphatic heterocycles. The molecule has 0 saturated heterocycles. The molecule has 5 heteroatoms. The first-order valence-electron chi connectivity index (χ1n) is 5.12. The minimum atomic E-state index is -0.427. The van der Waals surface area contributed by atoms with E-state index >= 15 is 0 Å². The maximum absolute atomic E-state index is 11.5. The van der Waals surface area contributed by atoms with Crippen molar-refractivity contribution in [2.75, 3.05) is 7.11 Å². The Morgan fingerprint density at radius 1 is 1.24 bits per heavy atom. The quantitative estimate of drug-likeness (QED) is 0.842. The van der Waals surface area contributed by atoms with E-state index in [1.165, 1.54) is 16.8 Å². The summed E-state index contributed by atoms with van der Waals surface area (Å²) in [5, 5.41) is 0. The standard InChI is InChI=1S/C12H12N2O3/c1-17-10-5-3-2-4-9(10)8-14-7-6-11(15)13-12(14)16/h2-7H,8H2,1H3,(H,13,15,16). The van der Waals surface area contributed by atoms with Gasteiger partial charge in [0.2, 0.25) is 0 Å². The summed E-state index contributed by atoms with van der Waals surface area (Å²) >= 11 is 0. The van der Waals surface area contributed by atoms with Crippen LogP contribution in [-0.2, 0) is 6.54 Å². The first kappa shape index (κ1) is 11.2. The Kier molecular flexibility index (Phi) is 3.09. The third kappa shape index (κ3) is 2.44. The number of H-pyrrole nitrogens is 1. The second kappa shape index (κ2) is 4.69. The van der Waals surface area contributed by atoms with Crippen molar-refractivity contribution in [1.29, 1.82) is 0 Å². The summed E-state index contributed by atoms with van der Waals surface area (Å²) in [6, 6.07) is 8.74. The molecule has 2 rings (SSSR count). The predicted molar refractivity (Wildman–Crippen MR) is 63.4 cm³/mol. The Morgan fingerprint density at radius 2 is 2.00 bits per heavy atom. The number of rotatable bonds is 3. The van der Waals surface area contributed by atoms with Gasteiger partial charge in [0.15, 0.2) is 0 Å². The molecule has 0 bridgehead atoms. The molecule has 0 spiro atoms.